The Balaban J connectivity index is 2.58. The molecule has 0 atom stereocenters. The van der Waals surface area contributed by atoms with E-state index in [1.165, 1.54) is 16.8 Å². The zero-order valence-corrected chi connectivity index (χ0v) is 8.60. The third-order valence-corrected chi connectivity index (χ3v) is 1.86. The normalized spacial score (nSPS) is 10.8. The van der Waals surface area contributed by atoms with Crippen molar-refractivity contribution in [1.82, 2.24) is 14.7 Å². The van der Waals surface area contributed by atoms with E-state index < -0.39 is 0 Å². The van der Waals surface area contributed by atoms with Gasteiger partial charge in [0.1, 0.15) is 5.82 Å². The Hall–Kier alpha value is -1.36. The first-order valence-corrected chi connectivity index (χ1v) is 4.58. The van der Waals surface area contributed by atoms with Crippen molar-refractivity contribution in [2.45, 2.75) is 13.0 Å². The summed E-state index contributed by atoms with van der Waals surface area (Å²) in [7, 11) is 3.99. The highest BCUT2D eigenvalue weighted by atomic mass is 16.1. The minimum Gasteiger partial charge on any atom is -0.382 e. The highest BCUT2D eigenvalue weighted by Crippen LogP contribution is 1.91. The van der Waals surface area contributed by atoms with E-state index in [2.05, 4.69) is 10.00 Å². The first-order valence-electron chi connectivity index (χ1n) is 4.58. The van der Waals surface area contributed by atoms with Crippen LogP contribution in [0.5, 0.6) is 0 Å². The third kappa shape index (κ3) is 3.18. The van der Waals surface area contributed by atoms with Crippen molar-refractivity contribution in [1.29, 1.82) is 0 Å². The second kappa shape index (κ2) is 4.76. The molecule has 0 unspecified atom stereocenters. The van der Waals surface area contributed by atoms with E-state index in [0.29, 0.717) is 12.4 Å². The summed E-state index contributed by atoms with van der Waals surface area (Å²) >= 11 is 0. The first-order chi connectivity index (χ1) is 6.59. The predicted molar refractivity (Wildman–Crippen MR) is 56.1 cm³/mol. The summed E-state index contributed by atoms with van der Waals surface area (Å²) < 4.78 is 1.40. The van der Waals surface area contributed by atoms with Crippen molar-refractivity contribution in [3.8, 4) is 0 Å². The maximum Gasteiger partial charge on any atom is 0.266 e. The van der Waals surface area contributed by atoms with Gasteiger partial charge in [-0.15, -0.1) is 0 Å². The standard InChI is InChI=1S/C9H16N4O/c1-12(2)6-3-7-13-9(14)5-4-8(10)11-13/h4-5H,3,6-7H2,1-2H3,(H2,10,11). The maximum atomic E-state index is 11.3. The van der Waals surface area contributed by atoms with E-state index in [1.807, 2.05) is 14.1 Å². The summed E-state index contributed by atoms with van der Waals surface area (Å²) in [6, 6.07) is 2.96. The summed E-state index contributed by atoms with van der Waals surface area (Å²) in [5, 5.41) is 3.93. The van der Waals surface area contributed by atoms with Crippen LogP contribution in [0.3, 0.4) is 0 Å². The van der Waals surface area contributed by atoms with Gasteiger partial charge in [-0.25, -0.2) is 4.68 Å². The highest BCUT2D eigenvalue weighted by Gasteiger charge is 1.98. The average Bonchev–Trinajstić information content (AvgIpc) is 2.10. The molecule has 0 aliphatic rings. The van der Waals surface area contributed by atoms with Gasteiger partial charge in [0.2, 0.25) is 0 Å². The number of hydrogen-bond donors (Lipinski definition) is 1. The molecule has 0 radical (unpaired) electrons. The molecule has 14 heavy (non-hydrogen) atoms. The zero-order chi connectivity index (χ0) is 10.6. The van der Waals surface area contributed by atoms with Gasteiger partial charge in [0.15, 0.2) is 0 Å². The molecule has 1 aromatic rings. The van der Waals surface area contributed by atoms with Crippen LogP contribution in [0.1, 0.15) is 6.42 Å². The van der Waals surface area contributed by atoms with Crippen LogP contribution >= 0.6 is 0 Å². The Kier molecular flexibility index (Phi) is 3.64. The predicted octanol–water partition coefficient (Wildman–Crippen LogP) is -0.223. The molecule has 1 rings (SSSR count). The van der Waals surface area contributed by atoms with E-state index in [-0.39, 0.29) is 5.56 Å². The molecule has 0 fully saturated rings. The summed E-state index contributed by atoms with van der Waals surface area (Å²) in [6.07, 6.45) is 0.892. The highest BCUT2D eigenvalue weighted by molar-refractivity contribution is 5.23. The SMILES string of the molecule is CN(C)CCCn1nc(N)ccc1=O. The minimum atomic E-state index is -0.0991. The number of aromatic nitrogens is 2. The second-order valence-electron chi connectivity index (χ2n) is 3.48. The van der Waals surface area contributed by atoms with Crippen LogP contribution in [0, 0.1) is 0 Å². The van der Waals surface area contributed by atoms with Crippen molar-refractivity contribution in [3.05, 3.63) is 22.5 Å². The number of hydrogen-bond acceptors (Lipinski definition) is 4. The van der Waals surface area contributed by atoms with E-state index in [4.69, 9.17) is 5.73 Å². The molecule has 1 aromatic heterocycles. The number of anilines is 1. The largest absolute Gasteiger partial charge is 0.382 e. The molecule has 0 saturated heterocycles. The van der Waals surface area contributed by atoms with Crippen molar-refractivity contribution < 1.29 is 0 Å². The van der Waals surface area contributed by atoms with Crippen LogP contribution in [-0.4, -0.2) is 35.3 Å². The Morgan fingerprint density at radius 1 is 1.50 bits per heavy atom. The van der Waals surface area contributed by atoms with Gasteiger partial charge in [-0.1, -0.05) is 0 Å². The molecule has 0 aliphatic heterocycles. The Labute approximate surface area is 83.1 Å². The molecule has 2 N–H and O–H groups in total. The summed E-state index contributed by atoms with van der Waals surface area (Å²) in [4.78, 5) is 13.3. The molecule has 0 aromatic carbocycles. The lowest BCUT2D eigenvalue weighted by molar-refractivity contribution is 0.377. The van der Waals surface area contributed by atoms with Crippen LogP contribution < -0.4 is 11.3 Å². The molecule has 5 heteroatoms. The Morgan fingerprint density at radius 3 is 2.86 bits per heavy atom. The smallest absolute Gasteiger partial charge is 0.266 e. The van der Waals surface area contributed by atoms with Gasteiger partial charge < -0.3 is 10.6 Å². The molecule has 0 saturated carbocycles. The fraction of sp³-hybridized carbons (Fsp3) is 0.556. The Morgan fingerprint density at radius 2 is 2.21 bits per heavy atom. The summed E-state index contributed by atoms with van der Waals surface area (Å²) in [6.45, 7) is 1.55. The van der Waals surface area contributed by atoms with Gasteiger partial charge in [0.25, 0.3) is 5.56 Å². The van der Waals surface area contributed by atoms with Crippen LogP contribution in [0.2, 0.25) is 0 Å². The molecular formula is C9H16N4O. The number of aryl methyl sites for hydroxylation is 1. The molecule has 0 amide bonds. The van der Waals surface area contributed by atoms with Crippen molar-refractivity contribution in [3.63, 3.8) is 0 Å². The zero-order valence-electron chi connectivity index (χ0n) is 8.60. The van der Waals surface area contributed by atoms with Gasteiger partial charge in [-0.3, -0.25) is 4.79 Å². The Bertz CT molecular complexity index is 345. The lowest BCUT2D eigenvalue weighted by Gasteiger charge is -2.09. The van der Waals surface area contributed by atoms with Crippen LogP contribution in [0.15, 0.2) is 16.9 Å². The van der Waals surface area contributed by atoms with E-state index in [1.54, 1.807) is 0 Å². The van der Waals surface area contributed by atoms with Crippen LogP contribution in [0.25, 0.3) is 0 Å². The van der Waals surface area contributed by atoms with E-state index >= 15 is 0 Å². The minimum absolute atomic E-state index is 0.0991. The lowest BCUT2D eigenvalue weighted by Crippen LogP contribution is -2.25. The molecular weight excluding hydrogens is 180 g/mol. The number of nitrogen functional groups attached to an aromatic ring is 1. The van der Waals surface area contributed by atoms with Gasteiger partial charge in [0.05, 0.1) is 0 Å². The number of nitrogens with zero attached hydrogens (tertiary/aromatic N) is 3. The van der Waals surface area contributed by atoms with Crippen LogP contribution in [0.4, 0.5) is 5.82 Å². The van der Waals surface area contributed by atoms with Crippen molar-refractivity contribution in [2.24, 2.45) is 0 Å². The summed E-state index contributed by atoms with van der Waals surface area (Å²) in [5.41, 5.74) is 5.38. The molecule has 0 aliphatic carbocycles. The summed E-state index contributed by atoms with van der Waals surface area (Å²) in [5.74, 6) is 0.384. The van der Waals surface area contributed by atoms with Crippen LogP contribution in [-0.2, 0) is 6.54 Å². The number of rotatable bonds is 4. The molecule has 0 spiro atoms. The van der Waals surface area contributed by atoms with E-state index in [0.717, 1.165) is 13.0 Å². The van der Waals surface area contributed by atoms with Gasteiger partial charge in [0, 0.05) is 12.6 Å². The second-order valence-corrected chi connectivity index (χ2v) is 3.48. The monoisotopic (exact) mass is 196 g/mol. The number of nitrogens with two attached hydrogens (primary N) is 1. The van der Waals surface area contributed by atoms with Gasteiger partial charge >= 0.3 is 0 Å². The molecule has 1 heterocycles. The average molecular weight is 196 g/mol. The van der Waals surface area contributed by atoms with Crippen molar-refractivity contribution in [2.75, 3.05) is 26.4 Å². The molecule has 0 bridgehead atoms. The first kappa shape index (κ1) is 10.7. The topological polar surface area (TPSA) is 64.2 Å². The fourth-order valence-electron chi connectivity index (χ4n) is 1.16. The quantitative estimate of drug-likeness (QED) is 0.723. The van der Waals surface area contributed by atoms with Gasteiger partial charge in [-0.2, -0.15) is 5.10 Å². The molecule has 78 valence electrons. The fourth-order valence-corrected chi connectivity index (χ4v) is 1.16. The third-order valence-electron chi connectivity index (χ3n) is 1.86. The maximum absolute atomic E-state index is 11.3. The molecule has 5 nitrogen and oxygen atoms in total. The van der Waals surface area contributed by atoms with Crippen molar-refractivity contribution >= 4 is 5.82 Å². The van der Waals surface area contributed by atoms with Gasteiger partial charge in [-0.05, 0) is 33.1 Å². The van der Waals surface area contributed by atoms with E-state index in [9.17, 15) is 4.79 Å². The lowest BCUT2D eigenvalue weighted by atomic mass is 10.4.